The van der Waals surface area contributed by atoms with Crippen molar-refractivity contribution < 1.29 is 9.59 Å². The number of hydrogen-bond acceptors (Lipinski definition) is 5. The van der Waals surface area contributed by atoms with Crippen molar-refractivity contribution in [1.29, 1.82) is 0 Å². The van der Waals surface area contributed by atoms with Crippen molar-refractivity contribution in [2.75, 3.05) is 0 Å². The number of carbonyl (C=O) groups is 2. The highest BCUT2D eigenvalue weighted by atomic mass is 32.1. The molecule has 20 heavy (non-hydrogen) atoms. The Morgan fingerprint density at radius 3 is 2.75 bits per heavy atom. The maximum Gasteiger partial charge on any atom is 0.295 e. The SMILES string of the molecule is O=C(NCc1cccs1)C(=O)c1nc2ccccc2s1. The van der Waals surface area contributed by atoms with E-state index in [2.05, 4.69) is 10.3 Å². The molecule has 3 rings (SSSR count). The van der Waals surface area contributed by atoms with Crippen molar-refractivity contribution in [3.63, 3.8) is 0 Å². The van der Waals surface area contributed by atoms with E-state index in [9.17, 15) is 9.59 Å². The van der Waals surface area contributed by atoms with Gasteiger partial charge in [-0.05, 0) is 23.6 Å². The van der Waals surface area contributed by atoms with Gasteiger partial charge in [0.1, 0.15) is 0 Å². The molecule has 0 bridgehead atoms. The molecule has 0 saturated heterocycles. The summed E-state index contributed by atoms with van der Waals surface area (Å²) in [5.41, 5.74) is 0.743. The van der Waals surface area contributed by atoms with Crippen LogP contribution in [0.5, 0.6) is 0 Å². The van der Waals surface area contributed by atoms with E-state index in [-0.39, 0.29) is 5.01 Å². The Bertz CT molecular complexity index is 729. The maximum atomic E-state index is 12.0. The maximum absolute atomic E-state index is 12.0. The van der Waals surface area contributed by atoms with Gasteiger partial charge in [0.2, 0.25) is 0 Å². The second kappa shape index (κ2) is 5.52. The number of fused-ring (bicyclic) bond motifs is 1. The number of rotatable bonds is 4. The summed E-state index contributed by atoms with van der Waals surface area (Å²) in [5.74, 6) is -1.19. The minimum Gasteiger partial charge on any atom is -0.344 e. The fraction of sp³-hybridized carbons (Fsp3) is 0.0714. The van der Waals surface area contributed by atoms with Gasteiger partial charge in [-0.2, -0.15) is 0 Å². The van der Waals surface area contributed by atoms with Crippen molar-refractivity contribution in [3.8, 4) is 0 Å². The largest absolute Gasteiger partial charge is 0.344 e. The number of nitrogens with one attached hydrogen (secondary N) is 1. The molecular formula is C14H10N2O2S2. The molecule has 0 radical (unpaired) electrons. The van der Waals surface area contributed by atoms with E-state index in [4.69, 9.17) is 0 Å². The summed E-state index contributed by atoms with van der Waals surface area (Å²) in [7, 11) is 0. The van der Waals surface area contributed by atoms with Gasteiger partial charge < -0.3 is 5.32 Å². The number of thiophene rings is 1. The van der Waals surface area contributed by atoms with Gasteiger partial charge in [-0.15, -0.1) is 22.7 Å². The first-order valence-electron chi connectivity index (χ1n) is 5.94. The summed E-state index contributed by atoms with van der Waals surface area (Å²) in [5, 5.41) is 4.78. The van der Waals surface area contributed by atoms with Crippen LogP contribution in [0.15, 0.2) is 41.8 Å². The van der Waals surface area contributed by atoms with Crippen molar-refractivity contribution in [2.45, 2.75) is 6.54 Å². The Morgan fingerprint density at radius 2 is 2.00 bits per heavy atom. The summed E-state index contributed by atoms with van der Waals surface area (Å²) in [6.45, 7) is 0.368. The molecule has 1 N–H and O–H groups in total. The van der Waals surface area contributed by atoms with E-state index < -0.39 is 11.7 Å². The van der Waals surface area contributed by atoms with Crippen LogP contribution in [-0.4, -0.2) is 16.7 Å². The number of hydrogen-bond donors (Lipinski definition) is 1. The monoisotopic (exact) mass is 302 g/mol. The zero-order valence-electron chi connectivity index (χ0n) is 10.3. The number of Topliss-reactive ketones (excluding diaryl/α,β-unsaturated/α-hetero) is 1. The number of nitrogens with zero attached hydrogens (tertiary/aromatic N) is 1. The van der Waals surface area contributed by atoms with Gasteiger partial charge in [0, 0.05) is 4.88 Å². The lowest BCUT2D eigenvalue weighted by Crippen LogP contribution is -2.30. The molecule has 0 aliphatic heterocycles. The number of ketones is 1. The van der Waals surface area contributed by atoms with E-state index in [0.717, 1.165) is 15.1 Å². The van der Waals surface area contributed by atoms with E-state index >= 15 is 0 Å². The minimum absolute atomic E-state index is 0.231. The van der Waals surface area contributed by atoms with E-state index in [1.807, 2.05) is 41.8 Å². The Balaban J connectivity index is 1.72. The molecule has 0 saturated carbocycles. The number of aromatic nitrogens is 1. The predicted octanol–water partition coefficient (Wildman–Crippen LogP) is 2.86. The molecule has 1 amide bonds. The van der Waals surface area contributed by atoms with E-state index in [1.165, 1.54) is 22.7 Å². The van der Waals surface area contributed by atoms with Gasteiger partial charge in [0.25, 0.3) is 11.7 Å². The van der Waals surface area contributed by atoms with Gasteiger partial charge in [-0.3, -0.25) is 9.59 Å². The molecule has 0 unspecified atom stereocenters. The molecule has 100 valence electrons. The lowest BCUT2D eigenvalue weighted by molar-refractivity contribution is -0.117. The molecular weight excluding hydrogens is 292 g/mol. The molecule has 6 heteroatoms. The fourth-order valence-corrected chi connectivity index (χ4v) is 3.27. The molecule has 0 aliphatic rings. The van der Waals surface area contributed by atoms with Crippen molar-refractivity contribution >= 4 is 44.6 Å². The van der Waals surface area contributed by atoms with Crippen molar-refractivity contribution in [1.82, 2.24) is 10.3 Å². The number of thiazole rings is 1. The van der Waals surface area contributed by atoms with Crippen LogP contribution in [0.3, 0.4) is 0 Å². The summed E-state index contributed by atoms with van der Waals surface area (Å²) in [6, 6.07) is 11.3. The minimum atomic E-state index is -0.613. The standard InChI is InChI=1S/C14H10N2O2S2/c17-12(13(18)15-8-9-4-3-7-19-9)14-16-10-5-1-2-6-11(10)20-14/h1-7H,8H2,(H,15,18). The Labute approximate surface area is 123 Å². The molecule has 0 aliphatic carbocycles. The summed E-state index contributed by atoms with van der Waals surface area (Å²) in [6.07, 6.45) is 0. The normalized spacial score (nSPS) is 10.6. The highest BCUT2D eigenvalue weighted by molar-refractivity contribution is 7.21. The van der Waals surface area contributed by atoms with E-state index in [1.54, 1.807) is 0 Å². The van der Waals surface area contributed by atoms with Gasteiger partial charge in [0.05, 0.1) is 16.8 Å². The van der Waals surface area contributed by atoms with Crippen LogP contribution in [0.1, 0.15) is 14.7 Å². The number of amides is 1. The third-order valence-electron chi connectivity index (χ3n) is 2.70. The highest BCUT2D eigenvalue weighted by Gasteiger charge is 2.20. The molecule has 3 aromatic rings. The Morgan fingerprint density at radius 1 is 1.15 bits per heavy atom. The number of carbonyl (C=O) groups excluding carboxylic acids is 2. The summed E-state index contributed by atoms with van der Waals surface area (Å²) in [4.78, 5) is 29.0. The van der Waals surface area contributed by atoms with Crippen LogP contribution in [-0.2, 0) is 11.3 Å². The molecule has 2 heterocycles. The first kappa shape index (κ1) is 13.0. The molecule has 4 nitrogen and oxygen atoms in total. The van der Waals surface area contributed by atoms with Crippen LogP contribution < -0.4 is 5.32 Å². The van der Waals surface area contributed by atoms with Crippen LogP contribution in [0.25, 0.3) is 10.2 Å². The average Bonchev–Trinajstić information content (AvgIpc) is 3.12. The fourth-order valence-electron chi connectivity index (χ4n) is 1.73. The third kappa shape index (κ3) is 2.61. The molecule has 0 fully saturated rings. The van der Waals surface area contributed by atoms with Gasteiger partial charge in [-0.1, -0.05) is 18.2 Å². The molecule has 1 aromatic carbocycles. The Kier molecular flexibility index (Phi) is 3.58. The molecule has 0 atom stereocenters. The van der Waals surface area contributed by atoms with Crippen LogP contribution in [0.2, 0.25) is 0 Å². The average molecular weight is 302 g/mol. The zero-order chi connectivity index (χ0) is 13.9. The Hall–Kier alpha value is -2.05. The van der Waals surface area contributed by atoms with Gasteiger partial charge in [0.15, 0.2) is 5.01 Å². The highest BCUT2D eigenvalue weighted by Crippen LogP contribution is 2.21. The summed E-state index contributed by atoms with van der Waals surface area (Å²) >= 11 is 2.78. The first-order valence-corrected chi connectivity index (χ1v) is 7.64. The number of para-hydroxylation sites is 1. The quantitative estimate of drug-likeness (QED) is 0.595. The lowest BCUT2D eigenvalue weighted by Gasteiger charge is -2.00. The molecule has 0 spiro atoms. The number of benzene rings is 1. The smallest absolute Gasteiger partial charge is 0.295 e. The van der Waals surface area contributed by atoms with Crippen molar-refractivity contribution in [2.24, 2.45) is 0 Å². The van der Waals surface area contributed by atoms with Gasteiger partial charge in [-0.25, -0.2) is 4.98 Å². The predicted molar refractivity (Wildman–Crippen MR) is 80.1 cm³/mol. The second-order valence-electron chi connectivity index (χ2n) is 4.08. The summed E-state index contributed by atoms with van der Waals surface area (Å²) < 4.78 is 0.905. The third-order valence-corrected chi connectivity index (χ3v) is 4.61. The van der Waals surface area contributed by atoms with E-state index in [0.29, 0.717) is 6.54 Å². The van der Waals surface area contributed by atoms with Crippen molar-refractivity contribution in [3.05, 3.63) is 51.7 Å². The van der Waals surface area contributed by atoms with Crippen LogP contribution in [0.4, 0.5) is 0 Å². The zero-order valence-corrected chi connectivity index (χ0v) is 12.0. The van der Waals surface area contributed by atoms with Crippen LogP contribution in [0, 0.1) is 0 Å². The lowest BCUT2D eigenvalue weighted by atomic mass is 10.3. The van der Waals surface area contributed by atoms with Gasteiger partial charge >= 0.3 is 0 Å². The topological polar surface area (TPSA) is 59.1 Å². The van der Waals surface area contributed by atoms with Crippen LogP contribution >= 0.6 is 22.7 Å². The molecule has 2 aromatic heterocycles. The second-order valence-corrected chi connectivity index (χ2v) is 6.14. The first-order chi connectivity index (χ1) is 9.74.